The van der Waals surface area contributed by atoms with Crippen molar-refractivity contribution in [1.82, 2.24) is 4.98 Å². The third kappa shape index (κ3) is 1.84. The Morgan fingerprint density at radius 3 is 2.80 bits per heavy atom. The fraction of sp³-hybridized carbons (Fsp3) is 0.167. The van der Waals surface area contributed by atoms with Crippen molar-refractivity contribution in [1.29, 1.82) is 0 Å². The molecule has 0 aliphatic rings. The summed E-state index contributed by atoms with van der Waals surface area (Å²) in [6, 6.07) is 1.78. The molecule has 10 heavy (non-hydrogen) atoms. The van der Waals surface area contributed by atoms with Gasteiger partial charge >= 0.3 is 0 Å². The predicted molar refractivity (Wildman–Crippen MR) is 46.5 cm³/mol. The van der Waals surface area contributed by atoms with E-state index in [0.29, 0.717) is 15.5 Å². The van der Waals surface area contributed by atoms with Crippen LogP contribution in [0.15, 0.2) is 16.9 Å². The van der Waals surface area contributed by atoms with E-state index >= 15 is 0 Å². The second kappa shape index (κ2) is 3.56. The highest BCUT2D eigenvalue weighted by Crippen LogP contribution is 2.20. The zero-order valence-corrected chi connectivity index (χ0v) is 8.04. The lowest BCUT2D eigenvalue weighted by Crippen LogP contribution is -1.81. The summed E-state index contributed by atoms with van der Waals surface area (Å²) < 4.78 is 0.656. The summed E-state index contributed by atoms with van der Waals surface area (Å²) in [5.41, 5.74) is 0.926. The van der Waals surface area contributed by atoms with Gasteiger partial charge in [0.2, 0.25) is 0 Å². The molecule has 0 amide bonds. The molecule has 0 aromatic carbocycles. The third-order valence-corrected chi connectivity index (χ3v) is 2.46. The highest BCUT2D eigenvalue weighted by Gasteiger charge is 1.97. The van der Waals surface area contributed by atoms with Crippen molar-refractivity contribution in [2.45, 2.75) is 5.88 Å². The van der Waals surface area contributed by atoms with Crippen LogP contribution in [-0.4, -0.2) is 4.98 Å². The molecule has 1 aromatic rings. The molecule has 4 heteroatoms. The SMILES string of the molecule is ClCc1cnc(Br)c(Cl)c1. The fourth-order valence-corrected chi connectivity index (χ4v) is 1.09. The van der Waals surface area contributed by atoms with E-state index in [9.17, 15) is 0 Å². The van der Waals surface area contributed by atoms with E-state index in [1.54, 1.807) is 12.3 Å². The Labute approximate surface area is 77.5 Å². The molecule has 0 N–H and O–H groups in total. The topological polar surface area (TPSA) is 12.9 Å². The zero-order valence-electron chi connectivity index (χ0n) is 4.94. The van der Waals surface area contributed by atoms with Crippen molar-refractivity contribution in [3.8, 4) is 0 Å². The predicted octanol–water partition coefficient (Wildman–Crippen LogP) is 3.24. The first-order chi connectivity index (χ1) is 4.74. The Morgan fingerprint density at radius 2 is 2.30 bits per heavy atom. The summed E-state index contributed by atoms with van der Waals surface area (Å²) in [5.74, 6) is 0.444. The molecule has 0 bridgehead atoms. The summed E-state index contributed by atoms with van der Waals surface area (Å²) in [7, 11) is 0. The fourth-order valence-electron chi connectivity index (χ4n) is 0.534. The molecule has 1 aromatic heterocycles. The van der Waals surface area contributed by atoms with E-state index in [4.69, 9.17) is 23.2 Å². The number of hydrogen-bond acceptors (Lipinski definition) is 1. The first-order valence-electron chi connectivity index (χ1n) is 2.60. The van der Waals surface area contributed by atoms with Gasteiger partial charge in [0.05, 0.1) is 5.02 Å². The lowest BCUT2D eigenvalue weighted by Gasteiger charge is -1.96. The van der Waals surface area contributed by atoms with Gasteiger partial charge in [0.1, 0.15) is 4.60 Å². The van der Waals surface area contributed by atoms with Crippen LogP contribution in [0.25, 0.3) is 0 Å². The number of nitrogens with zero attached hydrogens (tertiary/aromatic N) is 1. The minimum absolute atomic E-state index is 0.444. The molecule has 0 atom stereocenters. The van der Waals surface area contributed by atoms with Crippen molar-refractivity contribution in [2.75, 3.05) is 0 Å². The quantitative estimate of drug-likeness (QED) is 0.543. The number of alkyl halides is 1. The molecular formula is C6H4BrCl2N. The minimum atomic E-state index is 0.444. The molecule has 0 aliphatic carbocycles. The van der Waals surface area contributed by atoms with Gasteiger partial charge in [0.25, 0.3) is 0 Å². The van der Waals surface area contributed by atoms with Gasteiger partial charge in [-0.15, -0.1) is 11.6 Å². The Kier molecular flexibility index (Phi) is 2.96. The van der Waals surface area contributed by atoms with E-state index < -0.39 is 0 Å². The smallest absolute Gasteiger partial charge is 0.124 e. The standard InChI is InChI=1S/C6H4BrCl2N/c7-6-5(9)1-4(2-8)3-10-6/h1,3H,2H2. The second-order valence-electron chi connectivity index (χ2n) is 1.75. The summed E-state index contributed by atoms with van der Waals surface area (Å²) in [4.78, 5) is 3.95. The van der Waals surface area contributed by atoms with Gasteiger partial charge in [-0.25, -0.2) is 4.98 Å². The molecule has 0 fully saturated rings. The van der Waals surface area contributed by atoms with Crippen molar-refractivity contribution >= 4 is 39.1 Å². The van der Waals surface area contributed by atoms with E-state index in [1.807, 2.05) is 0 Å². The molecule has 0 saturated carbocycles. The number of pyridine rings is 1. The van der Waals surface area contributed by atoms with Gasteiger partial charge in [-0.05, 0) is 27.6 Å². The molecule has 1 heterocycles. The molecular weight excluding hydrogens is 237 g/mol. The summed E-state index contributed by atoms with van der Waals surface area (Å²) in [6.07, 6.45) is 1.68. The molecule has 0 saturated heterocycles. The largest absolute Gasteiger partial charge is 0.247 e. The average Bonchev–Trinajstić information content (AvgIpc) is 1.95. The Bertz CT molecular complexity index is 239. The van der Waals surface area contributed by atoms with Gasteiger partial charge in [-0.2, -0.15) is 0 Å². The maximum absolute atomic E-state index is 5.72. The van der Waals surface area contributed by atoms with Crippen LogP contribution in [0.3, 0.4) is 0 Å². The van der Waals surface area contributed by atoms with Crippen LogP contribution in [0.2, 0.25) is 5.02 Å². The third-order valence-electron chi connectivity index (χ3n) is 1.01. The number of rotatable bonds is 1. The second-order valence-corrected chi connectivity index (χ2v) is 3.18. The minimum Gasteiger partial charge on any atom is -0.247 e. The van der Waals surface area contributed by atoms with Gasteiger partial charge in [-0.3, -0.25) is 0 Å². The zero-order chi connectivity index (χ0) is 7.56. The monoisotopic (exact) mass is 239 g/mol. The van der Waals surface area contributed by atoms with Crippen molar-refractivity contribution in [3.63, 3.8) is 0 Å². The molecule has 1 nitrogen and oxygen atoms in total. The Balaban J connectivity index is 3.04. The van der Waals surface area contributed by atoms with E-state index in [1.165, 1.54) is 0 Å². The van der Waals surface area contributed by atoms with Crippen LogP contribution in [-0.2, 0) is 5.88 Å². The van der Waals surface area contributed by atoms with Crippen molar-refractivity contribution in [2.24, 2.45) is 0 Å². The average molecular weight is 241 g/mol. The van der Waals surface area contributed by atoms with Gasteiger partial charge < -0.3 is 0 Å². The van der Waals surface area contributed by atoms with E-state index in [2.05, 4.69) is 20.9 Å². The van der Waals surface area contributed by atoms with Crippen molar-refractivity contribution < 1.29 is 0 Å². The number of halogens is 3. The van der Waals surface area contributed by atoms with Crippen LogP contribution in [0.1, 0.15) is 5.56 Å². The first-order valence-corrected chi connectivity index (χ1v) is 4.30. The van der Waals surface area contributed by atoms with Crippen LogP contribution < -0.4 is 0 Å². The van der Waals surface area contributed by atoms with Gasteiger partial charge in [0.15, 0.2) is 0 Å². The van der Waals surface area contributed by atoms with Crippen LogP contribution in [0.4, 0.5) is 0 Å². The van der Waals surface area contributed by atoms with Crippen LogP contribution in [0, 0.1) is 0 Å². The summed E-state index contributed by atoms with van der Waals surface area (Å²) in [6.45, 7) is 0. The van der Waals surface area contributed by atoms with E-state index in [0.717, 1.165) is 5.56 Å². The lowest BCUT2D eigenvalue weighted by molar-refractivity contribution is 1.21. The van der Waals surface area contributed by atoms with Crippen LogP contribution in [0.5, 0.6) is 0 Å². The lowest BCUT2D eigenvalue weighted by atomic mass is 10.3. The maximum Gasteiger partial charge on any atom is 0.124 e. The van der Waals surface area contributed by atoms with Crippen LogP contribution >= 0.6 is 39.1 Å². The molecule has 1 rings (SSSR count). The molecule has 0 unspecified atom stereocenters. The highest BCUT2D eigenvalue weighted by atomic mass is 79.9. The molecule has 0 aliphatic heterocycles. The molecule has 0 spiro atoms. The molecule has 54 valence electrons. The Morgan fingerprint density at radius 1 is 1.60 bits per heavy atom. The maximum atomic E-state index is 5.72. The normalized spacial score (nSPS) is 9.90. The highest BCUT2D eigenvalue weighted by molar-refractivity contribution is 9.10. The molecule has 0 radical (unpaired) electrons. The summed E-state index contributed by atoms with van der Waals surface area (Å²) >= 11 is 14.4. The van der Waals surface area contributed by atoms with E-state index in [-0.39, 0.29) is 0 Å². The van der Waals surface area contributed by atoms with Gasteiger partial charge in [0, 0.05) is 12.1 Å². The Hall–Kier alpha value is 0.210. The van der Waals surface area contributed by atoms with Crippen molar-refractivity contribution in [3.05, 3.63) is 27.5 Å². The summed E-state index contributed by atoms with van der Waals surface area (Å²) in [5, 5.41) is 0.596. The number of hydrogen-bond donors (Lipinski definition) is 0. The number of aromatic nitrogens is 1. The first kappa shape index (κ1) is 8.31. The van der Waals surface area contributed by atoms with Gasteiger partial charge in [-0.1, -0.05) is 11.6 Å².